The summed E-state index contributed by atoms with van der Waals surface area (Å²) < 4.78 is 12.5. The number of anilines is 4. The number of ether oxygens (including phenoxy) is 1. The summed E-state index contributed by atoms with van der Waals surface area (Å²) in [7, 11) is -2.03. The number of amides is 1. The van der Waals surface area contributed by atoms with Gasteiger partial charge in [0.2, 0.25) is 11.9 Å². The Morgan fingerprint density at radius 3 is 2.26 bits per heavy atom. The number of hydrogen-bond acceptors (Lipinski definition) is 9. The van der Waals surface area contributed by atoms with Crippen molar-refractivity contribution in [1.29, 1.82) is 0 Å². The largest absolute Gasteiger partial charge is 0.409 e. The van der Waals surface area contributed by atoms with Gasteiger partial charge in [0, 0.05) is 19.1 Å². The smallest absolute Gasteiger partial charge is 0.243 e. The molecular formula is C31H47N7O3Si. The first-order chi connectivity index (χ1) is 19.9. The van der Waals surface area contributed by atoms with E-state index in [9.17, 15) is 4.79 Å². The third kappa shape index (κ3) is 5.21. The summed E-state index contributed by atoms with van der Waals surface area (Å²) in [5.74, 6) is 2.81. The number of nitrogens with zero attached hydrogens (tertiary/aromatic N) is 6. The maximum atomic E-state index is 14.5. The van der Waals surface area contributed by atoms with Crippen LogP contribution in [0.2, 0.25) is 18.1 Å². The molecular weight excluding hydrogens is 546 g/mol. The van der Waals surface area contributed by atoms with Crippen molar-refractivity contribution < 1.29 is 14.0 Å². The van der Waals surface area contributed by atoms with Crippen LogP contribution in [0.4, 0.5) is 23.3 Å². The minimum absolute atomic E-state index is 0.0633. The fraction of sp³-hybridized carbons (Fsp3) is 0.710. The molecule has 4 aliphatic rings. The monoisotopic (exact) mass is 593 g/mol. The molecule has 0 aromatic carbocycles. The van der Waals surface area contributed by atoms with Gasteiger partial charge in [-0.05, 0) is 64.1 Å². The number of fused-ring (bicyclic) bond motifs is 2. The van der Waals surface area contributed by atoms with Crippen LogP contribution in [0.15, 0.2) is 12.4 Å². The van der Waals surface area contributed by atoms with Crippen LogP contribution in [0.25, 0.3) is 0 Å². The fourth-order valence-corrected chi connectivity index (χ4v) is 7.43. The predicted molar refractivity (Wildman–Crippen MR) is 167 cm³/mol. The molecule has 1 N–H and O–H groups in total. The molecule has 1 saturated heterocycles. The molecule has 4 heterocycles. The Balaban J connectivity index is 1.39. The van der Waals surface area contributed by atoms with E-state index in [2.05, 4.69) is 57.9 Å². The van der Waals surface area contributed by atoms with Crippen molar-refractivity contribution in [2.24, 2.45) is 0 Å². The second kappa shape index (κ2) is 10.8. The normalized spacial score (nSPS) is 24.3. The first-order valence-electron chi connectivity index (χ1n) is 15.8. The fourth-order valence-electron chi connectivity index (χ4n) is 6.51. The number of rotatable bonds is 7. The maximum absolute atomic E-state index is 14.5. The van der Waals surface area contributed by atoms with E-state index < -0.39 is 13.7 Å². The van der Waals surface area contributed by atoms with Gasteiger partial charge in [-0.3, -0.25) is 9.69 Å². The zero-order valence-electron chi connectivity index (χ0n) is 26.4. The van der Waals surface area contributed by atoms with Gasteiger partial charge in [0.25, 0.3) is 0 Å². The van der Waals surface area contributed by atoms with E-state index in [0.717, 1.165) is 63.0 Å². The van der Waals surface area contributed by atoms with Gasteiger partial charge in [0.1, 0.15) is 11.6 Å². The summed E-state index contributed by atoms with van der Waals surface area (Å²) in [6.45, 7) is 17.1. The predicted octanol–water partition coefficient (Wildman–Crippen LogP) is 5.86. The molecule has 2 aromatic rings. The van der Waals surface area contributed by atoms with Crippen molar-refractivity contribution >= 4 is 37.5 Å². The van der Waals surface area contributed by atoms with Crippen LogP contribution in [0.5, 0.6) is 0 Å². The highest BCUT2D eigenvalue weighted by atomic mass is 28.4. The Morgan fingerprint density at radius 2 is 1.69 bits per heavy atom. The molecule has 6 rings (SSSR count). The minimum Gasteiger partial charge on any atom is -0.409 e. The zero-order valence-corrected chi connectivity index (χ0v) is 27.4. The number of nitrogens with one attached hydrogen (secondary N) is 1. The molecule has 11 heteroatoms. The van der Waals surface area contributed by atoms with Crippen molar-refractivity contribution in [3.63, 3.8) is 0 Å². The number of carbonyl (C=O) groups is 1. The van der Waals surface area contributed by atoms with Crippen molar-refractivity contribution in [3.8, 4) is 0 Å². The lowest BCUT2D eigenvalue weighted by molar-refractivity contribution is -0.122. The summed E-state index contributed by atoms with van der Waals surface area (Å²) >= 11 is 0. The summed E-state index contributed by atoms with van der Waals surface area (Å²) in [6.07, 6.45) is 10.9. The molecule has 2 aliphatic carbocycles. The van der Waals surface area contributed by atoms with E-state index in [4.69, 9.17) is 29.1 Å². The van der Waals surface area contributed by atoms with E-state index in [0.29, 0.717) is 35.9 Å². The van der Waals surface area contributed by atoms with Gasteiger partial charge in [0.15, 0.2) is 14.1 Å². The van der Waals surface area contributed by atoms with Crippen molar-refractivity contribution in [3.05, 3.63) is 23.8 Å². The van der Waals surface area contributed by atoms with Gasteiger partial charge in [-0.15, -0.1) is 0 Å². The molecule has 10 nitrogen and oxygen atoms in total. The van der Waals surface area contributed by atoms with Crippen molar-refractivity contribution in [2.75, 3.05) is 28.2 Å². The van der Waals surface area contributed by atoms with Crippen LogP contribution < -0.4 is 15.1 Å². The third-order valence-electron chi connectivity index (χ3n) is 10.1. The molecule has 42 heavy (non-hydrogen) atoms. The quantitative estimate of drug-likeness (QED) is 0.395. The van der Waals surface area contributed by atoms with E-state index in [1.54, 1.807) is 17.3 Å². The van der Waals surface area contributed by atoms with E-state index in [1.807, 2.05) is 0 Å². The van der Waals surface area contributed by atoms with Gasteiger partial charge in [-0.2, -0.15) is 0 Å². The standard InChI is InChI=1S/C31H47N7O3Si/c1-20-17-37(18-21(2)41-20)29-32-15-23(16-33-29)38-27-25(31(28(38)39)13-8-9-14-31)26(34-22-11-10-12-22)35-24(36-27)19-40-42(6,7)30(3,4)5/h15-16,20-22H,8-14,17-19H2,1-7H3,(H,34,35,36)/t20-,21+. The topological polar surface area (TPSA) is 106 Å². The Bertz CT molecular complexity index is 1310. The number of morpholine rings is 1. The van der Waals surface area contributed by atoms with E-state index in [1.165, 1.54) is 6.42 Å². The SMILES string of the molecule is C[C@@H]1CN(c2ncc(N3C(=O)C4(CCCC4)c4c(NC5CCC5)nc(CO[Si](C)(C)C(C)(C)C)nc43)cn2)C[C@H](C)O1. The highest BCUT2D eigenvalue weighted by molar-refractivity contribution is 6.74. The van der Waals surface area contributed by atoms with Crippen LogP contribution in [0.1, 0.15) is 91.0 Å². The van der Waals surface area contributed by atoms with Crippen LogP contribution in [-0.2, 0) is 26.0 Å². The highest BCUT2D eigenvalue weighted by Crippen LogP contribution is 2.55. The number of aromatic nitrogens is 4. The van der Waals surface area contributed by atoms with Crippen LogP contribution in [0, 0.1) is 0 Å². The Morgan fingerprint density at radius 1 is 1.05 bits per heavy atom. The molecule has 0 unspecified atom stereocenters. The first kappa shape index (κ1) is 29.4. The molecule has 0 bridgehead atoms. The van der Waals surface area contributed by atoms with Crippen molar-refractivity contribution in [2.45, 2.75) is 128 Å². The number of carbonyl (C=O) groups excluding carboxylic acids is 1. The van der Waals surface area contributed by atoms with Gasteiger partial charge >= 0.3 is 0 Å². The molecule has 2 saturated carbocycles. The molecule has 1 spiro atoms. The molecule has 3 fully saturated rings. The molecule has 2 atom stereocenters. The Labute approximate surface area is 251 Å². The molecule has 1 amide bonds. The Kier molecular flexibility index (Phi) is 7.58. The van der Waals surface area contributed by atoms with Crippen LogP contribution >= 0.6 is 0 Å². The summed E-state index contributed by atoms with van der Waals surface area (Å²) in [5.41, 5.74) is 0.981. The molecule has 0 radical (unpaired) electrons. The minimum atomic E-state index is -2.03. The van der Waals surface area contributed by atoms with Crippen LogP contribution in [-0.4, -0.2) is 65.5 Å². The molecule has 2 aromatic heterocycles. The zero-order chi connectivity index (χ0) is 29.9. The van der Waals surface area contributed by atoms with Crippen LogP contribution in [0.3, 0.4) is 0 Å². The van der Waals surface area contributed by atoms with Gasteiger partial charge in [-0.1, -0.05) is 33.6 Å². The second-order valence-corrected chi connectivity index (χ2v) is 19.2. The van der Waals surface area contributed by atoms with Gasteiger partial charge in [-0.25, -0.2) is 19.9 Å². The average molecular weight is 594 g/mol. The highest BCUT2D eigenvalue weighted by Gasteiger charge is 2.56. The molecule has 2 aliphatic heterocycles. The lowest BCUT2D eigenvalue weighted by Gasteiger charge is -2.36. The lowest BCUT2D eigenvalue weighted by atomic mass is 9.80. The van der Waals surface area contributed by atoms with Gasteiger partial charge in [0.05, 0.1) is 47.9 Å². The van der Waals surface area contributed by atoms with E-state index in [-0.39, 0.29) is 23.2 Å². The molecule has 228 valence electrons. The van der Waals surface area contributed by atoms with E-state index >= 15 is 0 Å². The summed E-state index contributed by atoms with van der Waals surface area (Å²) in [5, 5.41) is 3.80. The second-order valence-electron chi connectivity index (χ2n) is 14.3. The van der Waals surface area contributed by atoms with Gasteiger partial charge < -0.3 is 19.4 Å². The average Bonchev–Trinajstić information content (AvgIpc) is 3.48. The summed E-state index contributed by atoms with van der Waals surface area (Å²) in [4.78, 5) is 38.0. The number of hydrogen-bond donors (Lipinski definition) is 1. The Hall–Kier alpha value is -2.63. The maximum Gasteiger partial charge on any atom is 0.243 e. The summed E-state index contributed by atoms with van der Waals surface area (Å²) in [6, 6.07) is 0.377. The lowest BCUT2D eigenvalue weighted by Crippen LogP contribution is -2.46. The third-order valence-corrected chi connectivity index (χ3v) is 14.6. The van der Waals surface area contributed by atoms with Crippen molar-refractivity contribution in [1.82, 2.24) is 19.9 Å². The first-order valence-corrected chi connectivity index (χ1v) is 18.7.